The standard InChI is InChI=1S/C28H26N2O3S/c31-28(29-27(23-15-7-2-8-16-23)24-17-9-3-10-18-24)26(21-22-13-5-1-6-14-22)30-34(32,33)25-19-11-4-12-20-25/h1-20,26-27,30H,21H2,(H,29,31)/t26-/m1/s1. The van der Waals surface area contributed by atoms with Gasteiger partial charge in [0.15, 0.2) is 0 Å². The molecule has 0 aliphatic carbocycles. The fraction of sp³-hybridized carbons (Fsp3) is 0.107. The SMILES string of the molecule is O=C(NC(c1ccccc1)c1ccccc1)[C@@H](Cc1ccccc1)NS(=O)(=O)c1ccccc1. The molecule has 0 saturated heterocycles. The van der Waals surface area contributed by atoms with Gasteiger partial charge in [0, 0.05) is 0 Å². The average Bonchev–Trinajstić information content (AvgIpc) is 2.89. The van der Waals surface area contributed by atoms with Crippen molar-refractivity contribution in [3.8, 4) is 0 Å². The maximum Gasteiger partial charge on any atom is 0.241 e. The first-order valence-electron chi connectivity index (χ1n) is 11.0. The summed E-state index contributed by atoms with van der Waals surface area (Å²) in [4.78, 5) is 13.7. The zero-order valence-corrected chi connectivity index (χ0v) is 19.4. The number of amides is 1. The van der Waals surface area contributed by atoms with Crippen molar-refractivity contribution < 1.29 is 13.2 Å². The highest BCUT2D eigenvalue weighted by Gasteiger charge is 2.28. The fourth-order valence-electron chi connectivity index (χ4n) is 3.79. The highest BCUT2D eigenvalue weighted by atomic mass is 32.2. The maximum absolute atomic E-state index is 13.6. The third-order valence-corrected chi connectivity index (χ3v) is 6.99. The second-order valence-electron chi connectivity index (χ2n) is 7.94. The van der Waals surface area contributed by atoms with E-state index in [1.54, 1.807) is 18.2 Å². The van der Waals surface area contributed by atoms with Gasteiger partial charge in [-0.2, -0.15) is 4.72 Å². The zero-order valence-electron chi connectivity index (χ0n) is 18.5. The van der Waals surface area contributed by atoms with E-state index in [9.17, 15) is 13.2 Å². The molecule has 0 unspecified atom stereocenters. The molecule has 0 bridgehead atoms. The van der Waals surface area contributed by atoms with Crippen LogP contribution >= 0.6 is 0 Å². The predicted molar refractivity (Wildman–Crippen MR) is 134 cm³/mol. The third kappa shape index (κ3) is 5.98. The first-order valence-corrected chi connectivity index (χ1v) is 12.5. The van der Waals surface area contributed by atoms with Crippen molar-refractivity contribution >= 4 is 15.9 Å². The Morgan fingerprint density at radius 3 is 1.59 bits per heavy atom. The topological polar surface area (TPSA) is 75.3 Å². The van der Waals surface area contributed by atoms with E-state index >= 15 is 0 Å². The zero-order chi connectivity index (χ0) is 23.8. The van der Waals surface area contributed by atoms with Crippen LogP contribution in [0.25, 0.3) is 0 Å². The quantitative estimate of drug-likeness (QED) is 0.379. The van der Waals surface area contributed by atoms with Crippen molar-refractivity contribution in [3.05, 3.63) is 138 Å². The first-order chi connectivity index (χ1) is 16.5. The molecule has 172 valence electrons. The van der Waals surface area contributed by atoms with Gasteiger partial charge in [-0.25, -0.2) is 8.42 Å². The summed E-state index contributed by atoms with van der Waals surface area (Å²) in [5.41, 5.74) is 2.67. The Labute approximate surface area is 200 Å². The van der Waals surface area contributed by atoms with Crippen LogP contribution in [0, 0.1) is 0 Å². The Morgan fingerprint density at radius 2 is 1.09 bits per heavy atom. The monoisotopic (exact) mass is 470 g/mol. The molecule has 0 saturated carbocycles. The molecule has 34 heavy (non-hydrogen) atoms. The molecule has 0 aromatic heterocycles. The van der Waals surface area contributed by atoms with Gasteiger partial charge < -0.3 is 5.32 Å². The van der Waals surface area contributed by atoms with Gasteiger partial charge in [0.05, 0.1) is 10.9 Å². The summed E-state index contributed by atoms with van der Waals surface area (Å²) in [7, 11) is -3.90. The highest BCUT2D eigenvalue weighted by molar-refractivity contribution is 7.89. The fourth-order valence-corrected chi connectivity index (χ4v) is 5.00. The van der Waals surface area contributed by atoms with Crippen LogP contribution in [0.15, 0.2) is 126 Å². The third-order valence-electron chi connectivity index (χ3n) is 5.50. The van der Waals surface area contributed by atoms with E-state index in [1.165, 1.54) is 12.1 Å². The van der Waals surface area contributed by atoms with Crippen molar-refractivity contribution in [1.82, 2.24) is 10.0 Å². The molecule has 6 heteroatoms. The molecule has 0 radical (unpaired) electrons. The van der Waals surface area contributed by atoms with E-state index in [0.29, 0.717) is 0 Å². The van der Waals surface area contributed by atoms with Crippen LogP contribution < -0.4 is 10.0 Å². The number of sulfonamides is 1. The molecule has 0 aliphatic heterocycles. The summed E-state index contributed by atoms with van der Waals surface area (Å²) >= 11 is 0. The summed E-state index contributed by atoms with van der Waals surface area (Å²) in [5.74, 6) is -0.402. The van der Waals surface area contributed by atoms with Gasteiger partial charge in [0.2, 0.25) is 15.9 Å². The Bertz CT molecular complexity index is 1260. The van der Waals surface area contributed by atoms with Gasteiger partial charge >= 0.3 is 0 Å². The summed E-state index contributed by atoms with van der Waals surface area (Å²) in [6, 6.07) is 35.3. The average molecular weight is 471 g/mol. The first kappa shape index (κ1) is 23.4. The molecule has 2 N–H and O–H groups in total. The molecular formula is C28H26N2O3S. The van der Waals surface area contributed by atoms with Crippen molar-refractivity contribution in [2.75, 3.05) is 0 Å². The lowest BCUT2D eigenvalue weighted by Crippen LogP contribution is -2.48. The van der Waals surface area contributed by atoms with Crippen LogP contribution in [0.5, 0.6) is 0 Å². The van der Waals surface area contributed by atoms with Gasteiger partial charge in [-0.1, -0.05) is 109 Å². The number of hydrogen-bond acceptors (Lipinski definition) is 3. The minimum Gasteiger partial charge on any atom is -0.344 e. The predicted octanol–water partition coefficient (Wildman–Crippen LogP) is 4.48. The molecule has 5 nitrogen and oxygen atoms in total. The van der Waals surface area contributed by atoms with Crippen molar-refractivity contribution in [1.29, 1.82) is 0 Å². The molecule has 4 aromatic carbocycles. The van der Waals surface area contributed by atoms with Gasteiger partial charge in [-0.05, 0) is 35.2 Å². The van der Waals surface area contributed by atoms with E-state index in [-0.39, 0.29) is 11.3 Å². The molecule has 1 amide bonds. The van der Waals surface area contributed by atoms with E-state index in [1.807, 2.05) is 91.0 Å². The van der Waals surface area contributed by atoms with Crippen LogP contribution in [-0.4, -0.2) is 20.4 Å². The Kier molecular flexibility index (Phi) is 7.52. The van der Waals surface area contributed by atoms with Gasteiger partial charge in [-0.15, -0.1) is 0 Å². The van der Waals surface area contributed by atoms with Gasteiger partial charge in [0.25, 0.3) is 0 Å². The van der Waals surface area contributed by atoms with E-state index in [0.717, 1.165) is 16.7 Å². The molecule has 0 heterocycles. The van der Waals surface area contributed by atoms with Crippen molar-refractivity contribution in [2.45, 2.75) is 23.4 Å². The smallest absolute Gasteiger partial charge is 0.241 e. The van der Waals surface area contributed by atoms with Gasteiger partial charge in [0.1, 0.15) is 6.04 Å². The second kappa shape index (κ2) is 10.9. The molecule has 0 spiro atoms. The Balaban J connectivity index is 1.65. The molecule has 0 aliphatic rings. The second-order valence-corrected chi connectivity index (χ2v) is 9.65. The van der Waals surface area contributed by atoms with Crippen molar-refractivity contribution in [2.24, 2.45) is 0 Å². The molecule has 0 fully saturated rings. The minimum absolute atomic E-state index is 0.114. The van der Waals surface area contributed by atoms with Crippen LogP contribution in [0.3, 0.4) is 0 Å². The Morgan fingerprint density at radius 1 is 0.647 bits per heavy atom. The summed E-state index contributed by atoms with van der Waals surface area (Å²) < 4.78 is 28.8. The lowest BCUT2D eigenvalue weighted by atomic mass is 9.97. The molecular weight excluding hydrogens is 444 g/mol. The number of carbonyl (C=O) groups excluding carboxylic acids is 1. The number of hydrogen-bond donors (Lipinski definition) is 2. The van der Waals surface area contributed by atoms with E-state index in [4.69, 9.17) is 0 Å². The number of nitrogens with one attached hydrogen (secondary N) is 2. The summed E-state index contributed by atoms with van der Waals surface area (Å²) in [6.07, 6.45) is 0.217. The Hall–Kier alpha value is -3.74. The summed E-state index contributed by atoms with van der Waals surface area (Å²) in [5, 5.41) is 3.08. The van der Waals surface area contributed by atoms with Crippen LogP contribution in [-0.2, 0) is 21.2 Å². The van der Waals surface area contributed by atoms with Gasteiger partial charge in [-0.3, -0.25) is 4.79 Å². The van der Waals surface area contributed by atoms with Crippen LogP contribution in [0.4, 0.5) is 0 Å². The van der Waals surface area contributed by atoms with Crippen LogP contribution in [0.2, 0.25) is 0 Å². The lowest BCUT2D eigenvalue weighted by Gasteiger charge is -2.24. The molecule has 4 aromatic rings. The minimum atomic E-state index is -3.90. The lowest BCUT2D eigenvalue weighted by molar-refractivity contribution is -0.123. The highest BCUT2D eigenvalue weighted by Crippen LogP contribution is 2.22. The summed E-state index contributed by atoms with van der Waals surface area (Å²) in [6.45, 7) is 0. The normalized spacial score (nSPS) is 12.3. The van der Waals surface area contributed by atoms with Crippen LogP contribution in [0.1, 0.15) is 22.7 Å². The molecule has 4 rings (SSSR count). The molecule has 1 atom stereocenters. The largest absolute Gasteiger partial charge is 0.344 e. The number of rotatable bonds is 9. The number of benzene rings is 4. The van der Waals surface area contributed by atoms with E-state index in [2.05, 4.69) is 10.0 Å². The maximum atomic E-state index is 13.6. The van der Waals surface area contributed by atoms with E-state index < -0.39 is 28.0 Å². The van der Waals surface area contributed by atoms with Crippen molar-refractivity contribution in [3.63, 3.8) is 0 Å². The number of carbonyl (C=O) groups is 1.